The lowest BCUT2D eigenvalue weighted by molar-refractivity contribution is -0.134. The lowest BCUT2D eigenvalue weighted by atomic mass is 9.96. The van der Waals surface area contributed by atoms with E-state index in [0.717, 1.165) is 49.4 Å². The molecule has 2 N–H and O–H groups in total. The summed E-state index contributed by atoms with van der Waals surface area (Å²) in [6, 6.07) is 23.9. The number of hydrogen-bond acceptors (Lipinski definition) is 5. The molecule has 3 aliphatic rings. The Morgan fingerprint density at radius 3 is 2.18 bits per heavy atom. The molecule has 3 fully saturated rings. The van der Waals surface area contributed by atoms with E-state index in [1.54, 1.807) is 0 Å². The van der Waals surface area contributed by atoms with Crippen LogP contribution in [0, 0.1) is 0 Å². The molecule has 0 spiro atoms. The van der Waals surface area contributed by atoms with Gasteiger partial charge in [0.2, 0.25) is 5.91 Å². The standard InChI is InChI=1S/C37H46N4O3/c1-3-44-35-23-33(39-18-11-6-12-19-39)32(22-31(35)26(2)38)36(42)41-25-30(28-15-9-5-10-16-28)21-34(41)37(43)40-20-17-29(24-40)27-13-7-4-8-14-27/h4-5,7-10,13-16,22-23,26,29-30,34H,3,6,11-12,17-21,24-25,38H2,1-2H3/t26-,29?,30-,34-/m0/s1. The molecule has 3 heterocycles. The number of piperidine rings is 1. The molecule has 0 aliphatic carbocycles. The number of nitrogens with two attached hydrogens (primary N) is 1. The quantitative estimate of drug-likeness (QED) is 0.341. The van der Waals surface area contributed by atoms with Crippen LogP contribution < -0.4 is 15.4 Å². The second kappa shape index (κ2) is 13.4. The van der Waals surface area contributed by atoms with E-state index in [0.29, 0.717) is 44.1 Å². The summed E-state index contributed by atoms with van der Waals surface area (Å²) in [5.41, 5.74) is 11.2. The summed E-state index contributed by atoms with van der Waals surface area (Å²) in [4.78, 5) is 35.3. The van der Waals surface area contributed by atoms with Crippen molar-refractivity contribution in [1.29, 1.82) is 0 Å². The molecule has 3 aromatic rings. The van der Waals surface area contributed by atoms with Gasteiger partial charge in [0.25, 0.3) is 5.91 Å². The van der Waals surface area contributed by atoms with Crippen LogP contribution in [0.4, 0.5) is 5.69 Å². The van der Waals surface area contributed by atoms with Crippen molar-refractivity contribution >= 4 is 17.5 Å². The molecule has 0 saturated carbocycles. The largest absolute Gasteiger partial charge is 0.493 e. The predicted molar refractivity (Wildman–Crippen MR) is 175 cm³/mol. The van der Waals surface area contributed by atoms with E-state index < -0.39 is 6.04 Å². The lowest BCUT2D eigenvalue weighted by Gasteiger charge is -2.33. The Balaban J connectivity index is 1.35. The van der Waals surface area contributed by atoms with Gasteiger partial charge in [0.1, 0.15) is 11.8 Å². The third kappa shape index (κ3) is 6.20. The molecule has 7 nitrogen and oxygen atoms in total. The molecule has 6 rings (SSSR count). The Bertz CT molecular complexity index is 1440. The fourth-order valence-electron chi connectivity index (χ4n) is 7.37. The fourth-order valence-corrected chi connectivity index (χ4v) is 7.37. The maximum atomic E-state index is 14.8. The smallest absolute Gasteiger partial charge is 0.256 e. The van der Waals surface area contributed by atoms with Crippen molar-refractivity contribution in [1.82, 2.24) is 9.80 Å². The number of amides is 2. The van der Waals surface area contributed by atoms with Crippen LogP contribution in [0.25, 0.3) is 0 Å². The third-order valence-corrected chi connectivity index (χ3v) is 9.73. The molecular weight excluding hydrogens is 548 g/mol. The number of likely N-dealkylation sites (tertiary alicyclic amines) is 2. The first-order chi connectivity index (χ1) is 21.4. The summed E-state index contributed by atoms with van der Waals surface area (Å²) in [5, 5.41) is 0. The monoisotopic (exact) mass is 594 g/mol. The lowest BCUT2D eigenvalue weighted by Crippen LogP contribution is -2.47. The Morgan fingerprint density at radius 1 is 0.886 bits per heavy atom. The van der Waals surface area contributed by atoms with Gasteiger partial charge in [-0.2, -0.15) is 0 Å². The van der Waals surface area contributed by atoms with Gasteiger partial charge in [-0.1, -0.05) is 60.7 Å². The molecule has 0 aromatic heterocycles. The topological polar surface area (TPSA) is 79.1 Å². The van der Waals surface area contributed by atoms with Crippen molar-refractivity contribution in [2.24, 2.45) is 5.73 Å². The molecule has 0 bridgehead atoms. The van der Waals surface area contributed by atoms with E-state index in [1.165, 1.54) is 17.5 Å². The number of benzene rings is 3. The van der Waals surface area contributed by atoms with Crippen molar-refractivity contribution < 1.29 is 14.3 Å². The van der Waals surface area contributed by atoms with E-state index >= 15 is 0 Å². The highest BCUT2D eigenvalue weighted by Gasteiger charge is 2.44. The summed E-state index contributed by atoms with van der Waals surface area (Å²) in [6.45, 7) is 8.12. The zero-order valence-corrected chi connectivity index (χ0v) is 26.2. The van der Waals surface area contributed by atoms with Crippen molar-refractivity contribution in [3.63, 3.8) is 0 Å². The first-order valence-corrected chi connectivity index (χ1v) is 16.5. The first kappa shape index (κ1) is 30.2. The number of ether oxygens (including phenoxy) is 1. The molecule has 44 heavy (non-hydrogen) atoms. The summed E-state index contributed by atoms with van der Waals surface area (Å²) in [5.74, 6) is 1.12. The summed E-state index contributed by atoms with van der Waals surface area (Å²) >= 11 is 0. The van der Waals surface area contributed by atoms with Crippen molar-refractivity contribution in [2.75, 3.05) is 44.2 Å². The number of nitrogens with zero attached hydrogens (tertiary/aromatic N) is 3. The maximum Gasteiger partial charge on any atom is 0.256 e. The highest BCUT2D eigenvalue weighted by molar-refractivity contribution is 6.03. The zero-order valence-electron chi connectivity index (χ0n) is 26.2. The summed E-state index contributed by atoms with van der Waals surface area (Å²) in [6.07, 6.45) is 4.93. The second-order valence-electron chi connectivity index (χ2n) is 12.7. The van der Waals surface area contributed by atoms with Crippen LogP contribution in [0.2, 0.25) is 0 Å². The summed E-state index contributed by atoms with van der Waals surface area (Å²) in [7, 11) is 0. The number of hydrogen-bond donors (Lipinski definition) is 1. The van der Waals surface area contributed by atoms with Gasteiger partial charge in [-0.05, 0) is 63.1 Å². The molecular formula is C37H46N4O3. The average molecular weight is 595 g/mol. The Labute approximate surface area is 262 Å². The minimum Gasteiger partial charge on any atom is -0.493 e. The van der Waals surface area contributed by atoms with Gasteiger partial charge >= 0.3 is 0 Å². The molecule has 2 amide bonds. The highest BCUT2D eigenvalue weighted by Crippen LogP contribution is 2.39. The number of carbonyl (C=O) groups is 2. The molecule has 7 heteroatoms. The van der Waals surface area contributed by atoms with Gasteiger partial charge in [0.05, 0.1) is 17.9 Å². The zero-order chi connectivity index (χ0) is 30.6. The highest BCUT2D eigenvalue weighted by atomic mass is 16.5. The fraction of sp³-hybridized carbons (Fsp3) is 0.459. The van der Waals surface area contributed by atoms with E-state index in [-0.39, 0.29) is 23.8 Å². The van der Waals surface area contributed by atoms with E-state index in [4.69, 9.17) is 10.5 Å². The van der Waals surface area contributed by atoms with Gasteiger partial charge in [-0.15, -0.1) is 0 Å². The van der Waals surface area contributed by atoms with Gasteiger partial charge in [-0.25, -0.2) is 0 Å². The van der Waals surface area contributed by atoms with Crippen LogP contribution in [-0.4, -0.2) is 67.0 Å². The maximum absolute atomic E-state index is 14.8. The van der Waals surface area contributed by atoms with Crippen molar-refractivity contribution in [2.45, 2.75) is 69.9 Å². The van der Waals surface area contributed by atoms with E-state index in [2.05, 4.69) is 41.3 Å². The number of carbonyl (C=O) groups excluding carboxylic acids is 2. The second-order valence-corrected chi connectivity index (χ2v) is 12.7. The van der Waals surface area contributed by atoms with Gasteiger partial charge in [0, 0.05) is 62.2 Å². The predicted octanol–water partition coefficient (Wildman–Crippen LogP) is 6.11. The van der Waals surface area contributed by atoms with Gasteiger partial charge in [-0.3, -0.25) is 9.59 Å². The van der Waals surface area contributed by atoms with Crippen molar-refractivity contribution in [3.8, 4) is 5.75 Å². The number of rotatable bonds is 8. The van der Waals surface area contributed by atoms with Crippen LogP contribution >= 0.6 is 0 Å². The van der Waals surface area contributed by atoms with Gasteiger partial charge < -0.3 is 25.2 Å². The minimum absolute atomic E-state index is 0.0630. The van der Waals surface area contributed by atoms with Crippen molar-refractivity contribution in [3.05, 3.63) is 95.1 Å². The molecule has 3 saturated heterocycles. The molecule has 3 aliphatic heterocycles. The molecule has 3 aromatic carbocycles. The number of anilines is 1. The Morgan fingerprint density at radius 2 is 1.55 bits per heavy atom. The molecule has 232 valence electrons. The Kier molecular flexibility index (Phi) is 9.22. The Hall–Kier alpha value is -3.84. The minimum atomic E-state index is -0.512. The van der Waals surface area contributed by atoms with Crippen LogP contribution in [0.15, 0.2) is 72.8 Å². The van der Waals surface area contributed by atoms with Crippen LogP contribution in [0.5, 0.6) is 5.75 Å². The average Bonchev–Trinajstić information content (AvgIpc) is 3.74. The van der Waals surface area contributed by atoms with E-state index in [1.807, 2.05) is 60.0 Å². The molecule has 1 unspecified atom stereocenters. The van der Waals surface area contributed by atoms with Crippen LogP contribution in [0.1, 0.15) is 90.9 Å². The van der Waals surface area contributed by atoms with Crippen LogP contribution in [-0.2, 0) is 4.79 Å². The first-order valence-electron chi connectivity index (χ1n) is 16.5. The SMILES string of the molecule is CCOc1cc(N2CCCCC2)c(C(=O)N2C[C@@H](c3ccccc3)C[C@H]2C(=O)N2CCC(c3ccccc3)C2)cc1[C@H](C)N. The molecule has 0 radical (unpaired) electrons. The van der Waals surface area contributed by atoms with Gasteiger partial charge in [0.15, 0.2) is 0 Å². The summed E-state index contributed by atoms with van der Waals surface area (Å²) < 4.78 is 6.05. The third-order valence-electron chi connectivity index (χ3n) is 9.73. The normalized spacial score (nSPS) is 22.7. The molecule has 4 atom stereocenters. The van der Waals surface area contributed by atoms with Crippen LogP contribution in [0.3, 0.4) is 0 Å². The van der Waals surface area contributed by atoms with E-state index in [9.17, 15) is 9.59 Å².